The molecule has 4 nitrogen and oxygen atoms in total. The van der Waals surface area contributed by atoms with Gasteiger partial charge >= 0.3 is 5.97 Å². The largest absolute Gasteiger partial charge is 0.478 e. The van der Waals surface area contributed by atoms with Crippen LogP contribution in [0.5, 0.6) is 0 Å². The molecule has 0 atom stereocenters. The molecule has 0 radical (unpaired) electrons. The van der Waals surface area contributed by atoms with E-state index in [2.05, 4.69) is 5.10 Å². The highest BCUT2D eigenvalue weighted by Crippen LogP contribution is 2.24. The topological polar surface area (TPSA) is 55.1 Å². The van der Waals surface area contributed by atoms with Crippen LogP contribution in [0.2, 0.25) is 5.02 Å². The van der Waals surface area contributed by atoms with Crippen molar-refractivity contribution in [1.29, 1.82) is 0 Å². The van der Waals surface area contributed by atoms with E-state index >= 15 is 0 Å². The zero-order valence-electron chi connectivity index (χ0n) is 11.5. The summed E-state index contributed by atoms with van der Waals surface area (Å²) in [6.07, 6.45) is 2.64. The molecular formula is C15H15ClN2O2. The van der Waals surface area contributed by atoms with Crippen molar-refractivity contribution < 1.29 is 9.90 Å². The summed E-state index contributed by atoms with van der Waals surface area (Å²) in [4.78, 5) is 10.7. The Bertz CT molecular complexity index is 702. The van der Waals surface area contributed by atoms with E-state index in [9.17, 15) is 4.79 Å². The van der Waals surface area contributed by atoms with Crippen LogP contribution >= 0.6 is 11.6 Å². The van der Waals surface area contributed by atoms with Crippen LogP contribution in [0, 0.1) is 20.8 Å². The number of carboxylic acids is 1. The first-order chi connectivity index (χ1) is 9.40. The highest BCUT2D eigenvalue weighted by atomic mass is 35.5. The third kappa shape index (κ3) is 2.75. The standard InChI is InChI=1S/C15H15ClN2O2/c1-9-10(2)17-18(11(9)3)14-8-13(16)6-4-12(14)5-7-15(19)20/h4-8H,1-3H3,(H,19,20)/b7-5+. The van der Waals surface area contributed by atoms with E-state index in [1.165, 1.54) is 0 Å². The summed E-state index contributed by atoms with van der Waals surface area (Å²) in [6.45, 7) is 5.92. The molecule has 1 aromatic carbocycles. The van der Waals surface area contributed by atoms with Crippen molar-refractivity contribution in [2.24, 2.45) is 0 Å². The van der Waals surface area contributed by atoms with Gasteiger partial charge in [0.25, 0.3) is 0 Å². The molecule has 1 heterocycles. The van der Waals surface area contributed by atoms with Crippen LogP contribution < -0.4 is 0 Å². The number of halogens is 1. The summed E-state index contributed by atoms with van der Waals surface area (Å²) in [6, 6.07) is 5.29. The van der Waals surface area contributed by atoms with Crippen molar-refractivity contribution in [3.8, 4) is 5.69 Å². The maximum absolute atomic E-state index is 10.7. The second-order valence-electron chi connectivity index (χ2n) is 4.58. The Labute approximate surface area is 122 Å². The third-order valence-corrected chi connectivity index (χ3v) is 3.51. The van der Waals surface area contributed by atoms with Crippen molar-refractivity contribution in [1.82, 2.24) is 9.78 Å². The molecule has 0 aliphatic carbocycles. The first-order valence-electron chi connectivity index (χ1n) is 6.14. The first kappa shape index (κ1) is 14.3. The summed E-state index contributed by atoms with van der Waals surface area (Å²) in [5.41, 5.74) is 4.58. The highest BCUT2D eigenvalue weighted by molar-refractivity contribution is 6.30. The Kier molecular flexibility index (Phi) is 3.95. The van der Waals surface area contributed by atoms with Gasteiger partial charge < -0.3 is 5.11 Å². The smallest absolute Gasteiger partial charge is 0.328 e. The average molecular weight is 291 g/mol. The summed E-state index contributed by atoms with van der Waals surface area (Å²) >= 11 is 6.05. The van der Waals surface area contributed by atoms with Gasteiger partial charge in [0.2, 0.25) is 0 Å². The van der Waals surface area contributed by atoms with Crippen LogP contribution in [0.4, 0.5) is 0 Å². The van der Waals surface area contributed by atoms with Gasteiger partial charge in [-0.25, -0.2) is 9.48 Å². The molecule has 5 heteroatoms. The van der Waals surface area contributed by atoms with E-state index in [0.29, 0.717) is 5.02 Å². The minimum absolute atomic E-state index is 0.581. The molecule has 0 aliphatic heterocycles. The molecule has 0 bridgehead atoms. The summed E-state index contributed by atoms with van der Waals surface area (Å²) < 4.78 is 1.79. The number of carbonyl (C=O) groups is 1. The molecule has 0 saturated heterocycles. The fourth-order valence-electron chi connectivity index (χ4n) is 1.96. The Morgan fingerprint density at radius 2 is 2.05 bits per heavy atom. The van der Waals surface area contributed by atoms with Crippen molar-refractivity contribution in [2.45, 2.75) is 20.8 Å². The predicted molar refractivity (Wildman–Crippen MR) is 79.5 cm³/mol. The van der Waals surface area contributed by atoms with Crippen LogP contribution in [-0.2, 0) is 4.79 Å². The van der Waals surface area contributed by atoms with Crippen molar-refractivity contribution in [3.05, 3.63) is 51.8 Å². The van der Waals surface area contributed by atoms with Crippen molar-refractivity contribution in [2.75, 3.05) is 0 Å². The number of rotatable bonds is 3. The van der Waals surface area contributed by atoms with Gasteiger partial charge in [-0.05, 0) is 44.5 Å². The van der Waals surface area contributed by atoms with Gasteiger partial charge in [-0.2, -0.15) is 5.10 Å². The normalized spacial score (nSPS) is 11.2. The Morgan fingerprint density at radius 3 is 2.60 bits per heavy atom. The molecule has 0 spiro atoms. The number of carboxylic acid groups (broad SMARTS) is 1. The van der Waals surface area contributed by atoms with Gasteiger partial charge in [0.15, 0.2) is 0 Å². The molecular weight excluding hydrogens is 276 g/mol. The lowest BCUT2D eigenvalue weighted by Gasteiger charge is -2.09. The number of hydrogen-bond acceptors (Lipinski definition) is 2. The molecule has 2 aromatic rings. The summed E-state index contributed by atoms with van der Waals surface area (Å²) in [5, 5.41) is 13.8. The van der Waals surface area contributed by atoms with E-state index < -0.39 is 5.97 Å². The molecule has 20 heavy (non-hydrogen) atoms. The maximum Gasteiger partial charge on any atom is 0.328 e. The summed E-state index contributed by atoms with van der Waals surface area (Å²) in [7, 11) is 0. The minimum Gasteiger partial charge on any atom is -0.478 e. The Morgan fingerprint density at radius 1 is 1.35 bits per heavy atom. The molecule has 0 fully saturated rings. The number of aliphatic carboxylic acids is 1. The lowest BCUT2D eigenvalue weighted by atomic mass is 10.1. The zero-order valence-corrected chi connectivity index (χ0v) is 12.3. The maximum atomic E-state index is 10.7. The Hall–Kier alpha value is -2.07. The van der Waals surface area contributed by atoms with E-state index in [0.717, 1.165) is 34.3 Å². The van der Waals surface area contributed by atoms with Gasteiger partial charge in [0, 0.05) is 22.4 Å². The van der Waals surface area contributed by atoms with E-state index in [4.69, 9.17) is 16.7 Å². The molecule has 0 saturated carbocycles. The molecule has 1 N–H and O–H groups in total. The minimum atomic E-state index is -0.990. The van der Waals surface area contributed by atoms with Gasteiger partial charge in [-0.3, -0.25) is 0 Å². The van der Waals surface area contributed by atoms with Crippen LogP contribution in [0.1, 0.15) is 22.5 Å². The van der Waals surface area contributed by atoms with Crippen molar-refractivity contribution >= 4 is 23.6 Å². The molecule has 1 aromatic heterocycles. The molecule has 104 valence electrons. The number of aryl methyl sites for hydroxylation is 1. The van der Waals surface area contributed by atoms with Crippen LogP contribution in [0.25, 0.3) is 11.8 Å². The van der Waals surface area contributed by atoms with Crippen LogP contribution in [0.15, 0.2) is 24.3 Å². The first-order valence-corrected chi connectivity index (χ1v) is 6.51. The predicted octanol–water partition coefficient (Wildman–Crippen LogP) is 3.55. The Balaban J connectivity index is 2.62. The lowest BCUT2D eigenvalue weighted by molar-refractivity contribution is -0.131. The number of nitrogens with zero attached hydrogens (tertiary/aromatic N) is 2. The van der Waals surface area contributed by atoms with E-state index in [1.54, 1.807) is 29.0 Å². The SMILES string of the molecule is Cc1nn(-c2cc(Cl)ccc2/C=C/C(=O)O)c(C)c1C. The van der Waals surface area contributed by atoms with Crippen molar-refractivity contribution in [3.63, 3.8) is 0 Å². The van der Waals surface area contributed by atoms with Crippen LogP contribution in [0.3, 0.4) is 0 Å². The van der Waals surface area contributed by atoms with Gasteiger partial charge in [0.1, 0.15) is 0 Å². The number of aromatic nitrogens is 2. The second kappa shape index (κ2) is 5.51. The second-order valence-corrected chi connectivity index (χ2v) is 5.02. The average Bonchev–Trinajstić information content (AvgIpc) is 2.65. The van der Waals surface area contributed by atoms with E-state index in [-0.39, 0.29) is 0 Å². The monoisotopic (exact) mass is 290 g/mol. The summed E-state index contributed by atoms with van der Waals surface area (Å²) in [5.74, 6) is -0.990. The number of hydrogen-bond donors (Lipinski definition) is 1. The lowest BCUT2D eigenvalue weighted by Crippen LogP contribution is -2.02. The van der Waals surface area contributed by atoms with Gasteiger partial charge in [-0.1, -0.05) is 17.7 Å². The molecule has 0 amide bonds. The third-order valence-electron chi connectivity index (χ3n) is 3.28. The van der Waals surface area contributed by atoms with Gasteiger partial charge in [-0.15, -0.1) is 0 Å². The highest BCUT2D eigenvalue weighted by Gasteiger charge is 2.12. The fraction of sp³-hybridized carbons (Fsp3) is 0.200. The molecule has 2 rings (SSSR count). The van der Waals surface area contributed by atoms with Gasteiger partial charge in [0.05, 0.1) is 11.4 Å². The van der Waals surface area contributed by atoms with E-state index in [1.807, 2.05) is 20.8 Å². The quantitative estimate of drug-likeness (QED) is 0.880. The fourth-order valence-corrected chi connectivity index (χ4v) is 2.12. The van der Waals surface area contributed by atoms with Crippen LogP contribution in [-0.4, -0.2) is 20.9 Å². The number of benzene rings is 1. The molecule has 0 aliphatic rings. The molecule has 0 unspecified atom stereocenters. The zero-order chi connectivity index (χ0) is 14.9.